The largest absolute Gasteiger partial charge is 0.466 e. The van der Waals surface area contributed by atoms with Crippen molar-refractivity contribution in [2.45, 2.75) is 19.3 Å². The zero-order chi connectivity index (χ0) is 10.4. The number of hydrogen-bond donors (Lipinski definition) is 0. The van der Waals surface area contributed by atoms with Crippen molar-refractivity contribution in [1.82, 2.24) is 0 Å². The van der Waals surface area contributed by atoms with Gasteiger partial charge in [0.05, 0.1) is 12.5 Å². The predicted molar refractivity (Wildman–Crippen MR) is 56.5 cm³/mol. The second-order valence-corrected chi connectivity index (χ2v) is 4.37. The first-order valence-electron chi connectivity index (χ1n) is 5.57. The molecule has 1 aromatic rings. The molecule has 2 heteroatoms. The summed E-state index contributed by atoms with van der Waals surface area (Å²) in [7, 11) is 0. The molecule has 0 N–H and O–H groups in total. The summed E-state index contributed by atoms with van der Waals surface area (Å²) in [6.07, 6.45) is 1.06. The average Bonchev–Trinajstić information content (AvgIpc) is 2.83. The van der Waals surface area contributed by atoms with Crippen LogP contribution in [0.5, 0.6) is 0 Å². The molecule has 2 aliphatic carbocycles. The van der Waals surface area contributed by atoms with Gasteiger partial charge in [-0.05, 0) is 30.4 Å². The smallest absolute Gasteiger partial charge is 0.309 e. The maximum atomic E-state index is 11.6. The second-order valence-electron chi connectivity index (χ2n) is 4.37. The number of ether oxygens (including phenoxy) is 1. The molecule has 2 aliphatic rings. The van der Waals surface area contributed by atoms with E-state index in [1.165, 1.54) is 11.1 Å². The van der Waals surface area contributed by atoms with E-state index in [1.54, 1.807) is 0 Å². The fourth-order valence-corrected chi connectivity index (χ4v) is 2.91. The fourth-order valence-electron chi connectivity index (χ4n) is 2.91. The molecule has 1 unspecified atom stereocenters. The summed E-state index contributed by atoms with van der Waals surface area (Å²) in [5, 5.41) is 0. The zero-order valence-corrected chi connectivity index (χ0v) is 8.77. The first kappa shape index (κ1) is 8.96. The van der Waals surface area contributed by atoms with Crippen LogP contribution in [0, 0.1) is 11.8 Å². The minimum absolute atomic E-state index is 0.00185. The monoisotopic (exact) mass is 202 g/mol. The van der Waals surface area contributed by atoms with Gasteiger partial charge in [0.25, 0.3) is 0 Å². The van der Waals surface area contributed by atoms with Crippen LogP contribution in [0.3, 0.4) is 0 Å². The van der Waals surface area contributed by atoms with Gasteiger partial charge in [-0.1, -0.05) is 24.3 Å². The third-order valence-corrected chi connectivity index (χ3v) is 3.60. The molecule has 15 heavy (non-hydrogen) atoms. The van der Waals surface area contributed by atoms with Crippen molar-refractivity contribution in [1.29, 1.82) is 0 Å². The van der Waals surface area contributed by atoms with Gasteiger partial charge in [-0.3, -0.25) is 4.79 Å². The molecule has 0 radical (unpaired) electrons. The van der Waals surface area contributed by atoms with Crippen molar-refractivity contribution in [2.24, 2.45) is 11.8 Å². The van der Waals surface area contributed by atoms with Crippen LogP contribution in [-0.4, -0.2) is 12.6 Å². The number of benzene rings is 1. The zero-order valence-electron chi connectivity index (χ0n) is 8.77. The molecule has 0 saturated heterocycles. The summed E-state index contributed by atoms with van der Waals surface area (Å²) in [4.78, 5) is 11.6. The molecule has 1 aromatic carbocycles. The Labute approximate surface area is 89.2 Å². The number of hydrogen-bond acceptors (Lipinski definition) is 2. The van der Waals surface area contributed by atoms with Gasteiger partial charge in [-0.2, -0.15) is 0 Å². The lowest BCUT2D eigenvalue weighted by atomic mass is 10.0. The van der Waals surface area contributed by atoms with Crippen LogP contribution in [0.2, 0.25) is 0 Å². The van der Waals surface area contributed by atoms with Crippen molar-refractivity contribution < 1.29 is 9.53 Å². The Bertz CT molecular complexity index is 411. The molecule has 0 heterocycles. The van der Waals surface area contributed by atoms with E-state index in [9.17, 15) is 4.79 Å². The molecule has 1 fully saturated rings. The van der Waals surface area contributed by atoms with Gasteiger partial charge >= 0.3 is 5.97 Å². The van der Waals surface area contributed by atoms with Gasteiger partial charge in [0.2, 0.25) is 0 Å². The summed E-state index contributed by atoms with van der Waals surface area (Å²) >= 11 is 0. The van der Waals surface area contributed by atoms with Crippen LogP contribution in [-0.2, 0) is 16.0 Å². The molecule has 0 spiro atoms. The van der Waals surface area contributed by atoms with Crippen LogP contribution >= 0.6 is 0 Å². The van der Waals surface area contributed by atoms with Crippen LogP contribution in [0.25, 0.3) is 0 Å². The lowest BCUT2D eigenvalue weighted by molar-refractivity contribution is -0.145. The fraction of sp³-hybridized carbons (Fsp3) is 0.462. The average molecular weight is 202 g/mol. The quantitative estimate of drug-likeness (QED) is 0.687. The Kier molecular flexibility index (Phi) is 1.84. The SMILES string of the molecule is CCOC(=O)C1[C@@H]2Cc3ccccc3[C@@H]12. The van der Waals surface area contributed by atoms with Gasteiger partial charge in [-0.15, -0.1) is 0 Å². The van der Waals surface area contributed by atoms with E-state index >= 15 is 0 Å². The highest BCUT2D eigenvalue weighted by Crippen LogP contribution is 2.61. The third kappa shape index (κ3) is 1.21. The van der Waals surface area contributed by atoms with Crippen LogP contribution in [0.4, 0.5) is 0 Å². The lowest BCUT2D eigenvalue weighted by Gasteiger charge is -2.06. The summed E-state index contributed by atoms with van der Waals surface area (Å²) in [6.45, 7) is 2.36. The Morgan fingerprint density at radius 1 is 1.47 bits per heavy atom. The van der Waals surface area contributed by atoms with E-state index in [2.05, 4.69) is 24.3 Å². The number of esters is 1. The molecule has 78 valence electrons. The van der Waals surface area contributed by atoms with Crippen molar-refractivity contribution in [3.63, 3.8) is 0 Å². The topological polar surface area (TPSA) is 26.3 Å². The maximum absolute atomic E-state index is 11.6. The van der Waals surface area contributed by atoms with Crippen LogP contribution in [0.1, 0.15) is 24.0 Å². The first-order chi connectivity index (χ1) is 7.33. The van der Waals surface area contributed by atoms with E-state index in [4.69, 9.17) is 4.74 Å². The highest BCUT2D eigenvalue weighted by atomic mass is 16.5. The highest BCUT2D eigenvalue weighted by molar-refractivity contribution is 5.79. The van der Waals surface area contributed by atoms with Crippen molar-refractivity contribution in [3.05, 3.63) is 35.4 Å². The number of fused-ring (bicyclic) bond motifs is 3. The molecule has 1 saturated carbocycles. The minimum Gasteiger partial charge on any atom is -0.466 e. The van der Waals surface area contributed by atoms with Gasteiger partial charge in [0.1, 0.15) is 0 Å². The van der Waals surface area contributed by atoms with Crippen molar-refractivity contribution in [3.8, 4) is 0 Å². The van der Waals surface area contributed by atoms with E-state index in [-0.39, 0.29) is 11.9 Å². The van der Waals surface area contributed by atoms with E-state index in [0.717, 1.165) is 6.42 Å². The van der Waals surface area contributed by atoms with Gasteiger partial charge < -0.3 is 4.74 Å². The Morgan fingerprint density at radius 2 is 2.27 bits per heavy atom. The van der Waals surface area contributed by atoms with E-state index in [0.29, 0.717) is 18.4 Å². The van der Waals surface area contributed by atoms with Crippen LogP contribution < -0.4 is 0 Å². The van der Waals surface area contributed by atoms with Crippen LogP contribution in [0.15, 0.2) is 24.3 Å². The molecular weight excluding hydrogens is 188 g/mol. The summed E-state index contributed by atoms with van der Waals surface area (Å²) in [6, 6.07) is 8.45. The molecule has 0 bridgehead atoms. The predicted octanol–water partition coefficient (Wildman–Crippen LogP) is 2.14. The molecule has 3 atom stereocenters. The maximum Gasteiger partial charge on any atom is 0.309 e. The number of carbonyl (C=O) groups excluding carboxylic acids is 1. The molecule has 3 rings (SSSR count). The molecule has 0 amide bonds. The minimum atomic E-state index is 0.00185. The first-order valence-corrected chi connectivity index (χ1v) is 5.57. The Balaban J connectivity index is 1.81. The molecule has 0 aliphatic heterocycles. The summed E-state index contributed by atoms with van der Waals surface area (Å²) in [5.74, 6) is 1.14. The number of rotatable bonds is 2. The van der Waals surface area contributed by atoms with Crippen molar-refractivity contribution >= 4 is 5.97 Å². The van der Waals surface area contributed by atoms with Crippen molar-refractivity contribution in [2.75, 3.05) is 6.61 Å². The van der Waals surface area contributed by atoms with E-state index < -0.39 is 0 Å². The number of carbonyl (C=O) groups is 1. The second kappa shape index (κ2) is 3.09. The normalized spacial score (nSPS) is 30.6. The standard InChI is InChI=1S/C13H14O2/c1-2-15-13(14)12-10-7-8-5-3-4-6-9(8)11(10)12/h3-6,10-12H,2,7H2,1H3/t10-,11-,12?/m1/s1. The Morgan fingerprint density at radius 3 is 3.07 bits per heavy atom. The lowest BCUT2D eigenvalue weighted by Crippen LogP contribution is -2.10. The molecular formula is C13H14O2. The molecule has 0 aromatic heterocycles. The van der Waals surface area contributed by atoms with Gasteiger partial charge in [-0.25, -0.2) is 0 Å². The summed E-state index contributed by atoms with van der Waals surface area (Å²) < 4.78 is 5.08. The van der Waals surface area contributed by atoms with Gasteiger partial charge in [0.15, 0.2) is 0 Å². The highest BCUT2D eigenvalue weighted by Gasteiger charge is 2.59. The third-order valence-electron chi connectivity index (χ3n) is 3.60. The van der Waals surface area contributed by atoms with Gasteiger partial charge in [0, 0.05) is 5.92 Å². The Hall–Kier alpha value is -1.31. The molecule has 2 nitrogen and oxygen atoms in total. The van der Waals surface area contributed by atoms with E-state index in [1.807, 2.05) is 6.92 Å². The summed E-state index contributed by atoms with van der Waals surface area (Å²) in [5.41, 5.74) is 2.80.